The van der Waals surface area contributed by atoms with E-state index in [4.69, 9.17) is 13.9 Å². The zero-order chi connectivity index (χ0) is 30.8. The summed E-state index contributed by atoms with van der Waals surface area (Å²) < 4.78 is 18.3. The number of rotatable bonds is 16. The van der Waals surface area contributed by atoms with E-state index in [1.54, 1.807) is 7.11 Å². The van der Waals surface area contributed by atoms with E-state index in [1.807, 2.05) is 50.2 Å². The van der Waals surface area contributed by atoms with Gasteiger partial charge in [-0.15, -0.1) is 0 Å². The molecule has 0 bridgehead atoms. The maximum absolute atomic E-state index is 11.6. The largest absolute Gasteiger partial charge is 0.497 e. The van der Waals surface area contributed by atoms with Crippen LogP contribution in [0.4, 0.5) is 0 Å². The first-order valence-electron chi connectivity index (χ1n) is 14.9. The Labute approximate surface area is 252 Å². The number of aliphatic hydroxyl groups excluding tert-OH is 1. The molecular weight excluding hydrogens is 544 g/mol. The molecule has 0 saturated carbocycles. The van der Waals surface area contributed by atoms with Crippen LogP contribution in [0.5, 0.6) is 5.75 Å². The summed E-state index contributed by atoms with van der Waals surface area (Å²) in [6.45, 7) is 11.5. The van der Waals surface area contributed by atoms with Crippen LogP contribution in [-0.2, 0) is 20.6 Å². The van der Waals surface area contributed by atoms with Gasteiger partial charge < -0.3 is 24.1 Å². The van der Waals surface area contributed by atoms with Crippen LogP contribution in [0, 0.1) is 11.8 Å². The van der Waals surface area contributed by atoms with Crippen molar-refractivity contribution in [1.29, 1.82) is 0 Å². The lowest BCUT2D eigenvalue weighted by atomic mass is 9.92. The van der Waals surface area contributed by atoms with E-state index in [-0.39, 0.29) is 23.3 Å². The molecule has 0 saturated heterocycles. The van der Waals surface area contributed by atoms with Crippen molar-refractivity contribution in [2.75, 3.05) is 13.7 Å². The van der Waals surface area contributed by atoms with Crippen molar-refractivity contribution in [1.82, 2.24) is 0 Å². The average molecular weight is 593 g/mol. The average Bonchev–Trinajstić information content (AvgIpc) is 2.98. The zero-order valence-corrected chi connectivity index (χ0v) is 27.0. The predicted octanol–water partition coefficient (Wildman–Crippen LogP) is 6.05. The highest BCUT2D eigenvalue weighted by Crippen LogP contribution is 2.37. The Morgan fingerprint density at radius 1 is 0.833 bits per heavy atom. The number of aliphatic carboxylic acids is 1. The fourth-order valence-electron chi connectivity index (χ4n) is 5.55. The summed E-state index contributed by atoms with van der Waals surface area (Å²) in [6.07, 6.45) is 0.0536. The topological polar surface area (TPSA) is 85.2 Å². The van der Waals surface area contributed by atoms with Crippen molar-refractivity contribution in [3.05, 3.63) is 90.5 Å². The first-order valence-corrected chi connectivity index (χ1v) is 16.8. The summed E-state index contributed by atoms with van der Waals surface area (Å²) in [5.41, 5.74) is 0.951. The summed E-state index contributed by atoms with van der Waals surface area (Å²) in [4.78, 5) is 11.6. The highest BCUT2D eigenvalue weighted by Gasteiger charge is 2.50. The molecule has 4 atom stereocenters. The lowest BCUT2D eigenvalue weighted by molar-refractivity contribution is -0.141. The molecule has 3 aromatic rings. The molecule has 0 radical (unpaired) electrons. The van der Waals surface area contributed by atoms with E-state index >= 15 is 0 Å². The van der Waals surface area contributed by atoms with E-state index < -0.39 is 26.5 Å². The molecule has 0 spiro atoms. The van der Waals surface area contributed by atoms with E-state index in [0.29, 0.717) is 26.1 Å². The van der Waals surface area contributed by atoms with Crippen LogP contribution < -0.4 is 15.1 Å². The van der Waals surface area contributed by atoms with Crippen molar-refractivity contribution in [3.63, 3.8) is 0 Å². The second-order valence-corrected chi connectivity index (χ2v) is 16.7. The maximum Gasteiger partial charge on any atom is 0.305 e. The van der Waals surface area contributed by atoms with Crippen molar-refractivity contribution in [2.45, 2.75) is 77.7 Å². The monoisotopic (exact) mass is 592 g/mol. The van der Waals surface area contributed by atoms with Gasteiger partial charge in [-0.2, -0.15) is 0 Å². The van der Waals surface area contributed by atoms with Crippen LogP contribution in [0.1, 0.15) is 59.4 Å². The number of carboxylic acids is 1. The van der Waals surface area contributed by atoms with Crippen molar-refractivity contribution >= 4 is 24.7 Å². The van der Waals surface area contributed by atoms with Gasteiger partial charge in [0.1, 0.15) is 5.75 Å². The molecule has 3 rings (SSSR count). The minimum Gasteiger partial charge on any atom is -0.497 e. The van der Waals surface area contributed by atoms with E-state index in [2.05, 4.69) is 69.3 Å². The number of methoxy groups -OCH3 is 1. The highest BCUT2D eigenvalue weighted by atomic mass is 28.4. The molecule has 0 fully saturated rings. The van der Waals surface area contributed by atoms with E-state index in [0.717, 1.165) is 11.3 Å². The number of hydrogen-bond acceptors (Lipinski definition) is 5. The number of benzene rings is 3. The van der Waals surface area contributed by atoms with E-state index in [9.17, 15) is 15.0 Å². The lowest BCUT2D eigenvalue weighted by Crippen LogP contribution is -2.67. The van der Waals surface area contributed by atoms with Gasteiger partial charge in [-0.1, -0.05) is 107 Å². The number of carbonyl (C=O) groups is 1. The predicted molar refractivity (Wildman–Crippen MR) is 171 cm³/mol. The standard InChI is InChI=1S/C35H48O6Si/c1-26(33(23-34(37)38)40-25-28-18-20-29(39-6)21-19-28)17-22-32(36)27(2)24-41-42(35(3,4)5,30-13-9-7-10-14-30)31-15-11-8-12-16-31/h7-16,18-21,26-27,32-33,36H,17,22-25H2,1-6H3,(H,37,38)/t26-,27+,32-,33-/m0/s1. The Kier molecular flexibility index (Phi) is 12.4. The van der Waals surface area contributed by atoms with Gasteiger partial charge in [-0.3, -0.25) is 4.79 Å². The number of carboxylic acid groups (broad SMARTS) is 1. The summed E-state index contributed by atoms with van der Waals surface area (Å²) in [6, 6.07) is 28.6. The Hall–Kier alpha value is -2.97. The van der Waals surface area contributed by atoms with Crippen LogP contribution in [0.15, 0.2) is 84.9 Å². The molecule has 7 heteroatoms. The van der Waals surface area contributed by atoms with Gasteiger partial charge in [0.2, 0.25) is 0 Å². The minimum atomic E-state index is -2.69. The quantitative estimate of drug-likeness (QED) is 0.197. The SMILES string of the molecule is COc1ccc(CO[C@@H](CC(=O)O)[C@@H](C)CC[C@H](O)[C@H](C)CO[Si](c2ccccc2)(c2ccccc2)C(C)(C)C)cc1. The first-order chi connectivity index (χ1) is 20.0. The number of aliphatic hydroxyl groups is 1. The smallest absolute Gasteiger partial charge is 0.305 e. The molecule has 0 aliphatic carbocycles. The van der Waals surface area contributed by atoms with Gasteiger partial charge in [-0.25, -0.2) is 0 Å². The molecule has 0 unspecified atom stereocenters. The Bertz CT molecular complexity index is 1170. The molecular formula is C35H48O6Si. The fourth-order valence-corrected chi connectivity index (χ4v) is 10.2. The molecule has 0 amide bonds. The summed E-state index contributed by atoms with van der Waals surface area (Å²) in [7, 11) is -1.07. The van der Waals surface area contributed by atoms with Crippen molar-refractivity contribution in [2.24, 2.45) is 11.8 Å². The van der Waals surface area contributed by atoms with Gasteiger partial charge in [0.25, 0.3) is 8.32 Å². The summed E-state index contributed by atoms with van der Waals surface area (Å²) >= 11 is 0. The Balaban J connectivity index is 1.66. The molecule has 6 nitrogen and oxygen atoms in total. The van der Waals surface area contributed by atoms with Crippen LogP contribution in [0.25, 0.3) is 0 Å². The van der Waals surface area contributed by atoms with Crippen molar-refractivity contribution < 1.29 is 28.9 Å². The molecule has 0 heterocycles. The molecule has 0 aromatic heterocycles. The summed E-state index contributed by atoms with van der Waals surface area (Å²) in [5, 5.41) is 23.0. The minimum absolute atomic E-state index is 0.0428. The van der Waals surface area contributed by atoms with Crippen LogP contribution in [0.2, 0.25) is 5.04 Å². The van der Waals surface area contributed by atoms with Crippen molar-refractivity contribution in [3.8, 4) is 5.75 Å². The Morgan fingerprint density at radius 3 is 1.86 bits per heavy atom. The molecule has 0 aliphatic rings. The Morgan fingerprint density at radius 2 is 1.38 bits per heavy atom. The normalized spacial score (nSPS) is 15.0. The van der Waals surface area contributed by atoms with Gasteiger partial charge in [0, 0.05) is 12.5 Å². The molecule has 2 N–H and O–H groups in total. The first kappa shape index (κ1) is 33.5. The highest BCUT2D eigenvalue weighted by molar-refractivity contribution is 6.99. The molecule has 0 aliphatic heterocycles. The zero-order valence-electron chi connectivity index (χ0n) is 26.0. The van der Waals surface area contributed by atoms with Gasteiger partial charge in [0.15, 0.2) is 0 Å². The second-order valence-electron chi connectivity index (χ2n) is 12.4. The van der Waals surface area contributed by atoms with Crippen LogP contribution >= 0.6 is 0 Å². The molecule has 228 valence electrons. The van der Waals surface area contributed by atoms with Gasteiger partial charge in [0.05, 0.1) is 32.3 Å². The third kappa shape index (κ3) is 8.77. The lowest BCUT2D eigenvalue weighted by Gasteiger charge is -2.43. The number of ether oxygens (including phenoxy) is 2. The third-order valence-electron chi connectivity index (χ3n) is 8.19. The van der Waals surface area contributed by atoms with Crippen LogP contribution in [0.3, 0.4) is 0 Å². The van der Waals surface area contributed by atoms with E-state index in [1.165, 1.54) is 10.4 Å². The second kappa shape index (κ2) is 15.5. The third-order valence-corrected chi connectivity index (χ3v) is 13.2. The van der Waals surface area contributed by atoms with Gasteiger partial charge >= 0.3 is 5.97 Å². The number of hydrogen-bond donors (Lipinski definition) is 2. The molecule has 42 heavy (non-hydrogen) atoms. The molecule has 3 aromatic carbocycles. The summed E-state index contributed by atoms with van der Waals surface area (Å²) in [5.74, 6) is -0.277. The van der Waals surface area contributed by atoms with Crippen LogP contribution in [-0.4, -0.2) is 50.4 Å². The van der Waals surface area contributed by atoms with Gasteiger partial charge in [-0.05, 0) is 51.9 Å². The fraction of sp³-hybridized carbons (Fsp3) is 0.457. The maximum atomic E-state index is 11.6.